The summed E-state index contributed by atoms with van der Waals surface area (Å²) in [5.41, 5.74) is 1.51. The fraction of sp³-hybridized carbons (Fsp3) is 0.235. The van der Waals surface area contributed by atoms with E-state index in [2.05, 4.69) is 4.72 Å². The molecule has 0 fully saturated rings. The number of hydrogen-bond acceptors (Lipinski definition) is 4. The lowest BCUT2D eigenvalue weighted by Gasteiger charge is -2.10. The Morgan fingerprint density at radius 1 is 1.17 bits per heavy atom. The van der Waals surface area contributed by atoms with Crippen molar-refractivity contribution >= 4 is 33.3 Å². The number of nitrogens with one attached hydrogen (secondary N) is 1. The van der Waals surface area contributed by atoms with Gasteiger partial charge in [0.1, 0.15) is 0 Å². The van der Waals surface area contributed by atoms with Crippen molar-refractivity contribution < 1.29 is 17.9 Å². The van der Waals surface area contributed by atoms with E-state index in [9.17, 15) is 13.2 Å². The Morgan fingerprint density at radius 2 is 1.83 bits per heavy atom. The highest BCUT2D eigenvalue weighted by atomic mass is 35.5. The number of carbonyl (C=O) groups excluding carboxylic acids is 1. The van der Waals surface area contributed by atoms with Crippen LogP contribution in [0.1, 0.15) is 29.3 Å². The number of hydrogen-bond donors (Lipinski definition) is 1. The number of rotatable bonds is 6. The van der Waals surface area contributed by atoms with Gasteiger partial charge in [0, 0.05) is 10.7 Å². The average molecular weight is 368 g/mol. The van der Waals surface area contributed by atoms with Crippen LogP contribution in [0, 0.1) is 6.92 Å². The van der Waals surface area contributed by atoms with Gasteiger partial charge in [-0.05, 0) is 55.3 Å². The van der Waals surface area contributed by atoms with Crippen LogP contribution in [0.15, 0.2) is 47.4 Å². The topological polar surface area (TPSA) is 72.5 Å². The van der Waals surface area contributed by atoms with Gasteiger partial charge in [-0.25, -0.2) is 13.2 Å². The summed E-state index contributed by atoms with van der Waals surface area (Å²) in [7, 11) is -3.75. The maximum absolute atomic E-state index is 12.4. The van der Waals surface area contributed by atoms with E-state index in [1.807, 2.05) is 6.92 Å². The fourth-order valence-corrected chi connectivity index (χ4v) is 3.24. The van der Waals surface area contributed by atoms with E-state index < -0.39 is 16.0 Å². The lowest BCUT2D eigenvalue weighted by molar-refractivity contribution is 0.0505. The minimum absolute atomic E-state index is 0.0736. The fourth-order valence-electron chi connectivity index (χ4n) is 1.91. The number of benzene rings is 2. The Kier molecular flexibility index (Phi) is 5.85. The molecule has 0 saturated heterocycles. The molecule has 0 aromatic heterocycles. The van der Waals surface area contributed by atoms with Gasteiger partial charge in [0.05, 0.1) is 17.1 Å². The van der Waals surface area contributed by atoms with Crippen LogP contribution in [0.3, 0.4) is 0 Å². The molecule has 0 aliphatic rings. The van der Waals surface area contributed by atoms with Crippen LogP contribution in [0.5, 0.6) is 0 Å². The van der Waals surface area contributed by atoms with E-state index >= 15 is 0 Å². The maximum atomic E-state index is 12.4. The first-order chi connectivity index (χ1) is 11.3. The van der Waals surface area contributed by atoms with Crippen molar-refractivity contribution in [3.63, 3.8) is 0 Å². The number of carbonyl (C=O) groups is 1. The molecule has 2 rings (SSSR count). The molecule has 0 saturated carbocycles. The lowest BCUT2D eigenvalue weighted by atomic mass is 10.2. The Labute approximate surface area is 146 Å². The SMILES string of the molecule is CCCOC(=O)c1ccc(NS(=O)(=O)c2ccc(C)c(Cl)c2)cc1. The molecule has 0 unspecified atom stereocenters. The highest BCUT2D eigenvalue weighted by Crippen LogP contribution is 2.22. The summed E-state index contributed by atoms with van der Waals surface area (Å²) in [4.78, 5) is 11.8. The van der Waals surface area contributed by atoms with E-state index in [1.165, 1.54) is 36.4 Å². The number of sulfonamides is 1. The molecular formula is C17H18ClNO4S. The second kappa shape index (κ2) is 7.68. The Morgan fingerprint density at radius 3 is 2.42 bits per heavy atom. The summed E-state index contributed by atoms with van der Waals surface area (Å²) >= 11 is 5.98. The minimum Gasteiger partial charge on any atom is -0.462 e. The van der Waals surface area contributed by atoms with Crippen LogP contribution >= 0.6 is 11.6 Å². The Bertz CT molecular complexity index is 832. The largest absolute Gasteiger partial charge is 0.462 e. The molecule has 5 nitrogen and oxygen atoms in total. The summed E-state index contributed by atoms with van der Waals surface area (Å²) in [6.45, 7) is 4.05. The molecule has 0 radical (unpaired) electrons. The van der Waals surface area contributed by atoms with Gasteiger partial charge in [-0.2, -0.15) is 0 Å². The van der Waals surface area contributed by atoms with Gasteiger partial charge in [-0.3, -0.25) is 4.72 Å². The highest BCUT2D eigenvalue weighted by Gasteiger charge is 2.16. The molecule has 0 heterocycles. The van der Waals surface area contributed by atoms with Crippen LogP contribution in [0.2, 0.25) is 5.02 Å². The summed E-state index contributed by atoms with van der Waals surface area (Å²) in [5.74, 6) is -0.434. The van der Waals surface area contributed by atoms with Crippen LogP contribution in [0.4, 0.5) is 5.69 Å². The number of halogens is 1. The zero-order chi connectivity index (χ0) is 17.7. The van der Waals surface area contributed by atoms with Crippen molar-refractivity contribution in [2.24, 2.45) is 0 Å². The maximum Gasteiger partial charge on any atom is 0.338 e. The second-order valence-electron chi connectivity index (χ2n) is 5.23. The Balaban J connectivity index is 2.15. The van der Waals surface area contributed by atoms with Crippen molar-refractivity contribution in [2.75, 3.05) is 11.3 Å². The van der Waals surface area contributed by atoms with E-state index in [1.54, 1.807) is 13.0 Å². The van der Waals surface area contributed by atoms with Crippen LogP contribution in [-0.4, -0.2) is 21.0 Å². The first kappa shape index (κ1) is 18.3. The summed E-state index contributed by atoms with van der Waals surface area (Å²) in [6.07, 6.45) is 0.739. The minimum atomic E-state index is -3.75. The summed E-state index contributed by atoms with van der Waals surface area (Å²) < 4.78 is 32.2. The molecule has 2 aromatic carbocycles. The smallest absolute Gasteiger partial charge is 0.338 e. The van der Waals surface area contributed by atoms with Crippen molar-refractivity contribution in [1.29, 1.82) is 0 Å². The number of esters is 1. The molecule has 128 valence electrons. The zero-order valence-corrected chi connectivity index (χ0v) is 14.9. The highest BCUT2D eigenvalue weighted by molar-refractivity contribution is 7.92. The van der Waals surface area contributed by atoms with Gasteiger partial charge >= 0.3 is 5.97 Å². The summed E-state index contributed by atoms with van der Waals surface area (Å²) in [6, 6.07) is 10.6. The predicted molar refractivity (Wildman–Crippen MR) is 94.0 cm³/mol. The normalized spacial score (nSPS) is 11.1. The molecule has 0 atom stereocenters. The van der Waals surface area contributed by atoms with Gasteiger partial charge in [0.25, 0.3) is 10.0 Å². The van der Waals surface area contributed by atoms with Crippen molar-refractivity contribution in [2.45, 2.75) is 25.2 Å². The van der Waals surface area contributed by atoms with E-state index in [4.69, 9.17) is 16.3 Å². The molecular weight excluding hydrogens is 350 g/mol. The first-order valence-corrected chi connectivity index (χ1v) is 9.26. The first-order valence-electron chi connectivity index (χ1n) is 7.39. The molecule has 7 heteroatoms. The van der Waals surface area contributed by atoms with Gasteiger partial charge in [0.2, 0.25) is 0 Å². The van der Waals surface area contributed by atoms with E-state index in [-0.39, 0.29) is 4.90 Å². The number of anilines is 1. The van der Waals surface area contributed by atoms with Crippen LogP contribution < -0.4 is 4.72 Å². The third-order valence-electron chi connectivity index (χ3n) is 3.26. The molecule has 1 N–H and O–H groups in total. The summed E-state index contributed by atoms with van der Waals surface area (Å²) in [5, 5.41) is 0.381. The lowest BCUT2D eigenvalue weighted by Crippen LogP contribution is -2.13. The standard InChI is InChI=1S/C17H18ClNO4S/c1-3-10-23-17(20)13-5-7-14(8-6-13)19-24(21,22)15-9-4-12(2)16(18)11-15/h4-9,11,19H,3,10H2,1-2H3. The second-order valence-corrected chi connectivity index (χ2v) is 7.32. The van der Waals surface area contributed by atoms with Crippen LogP contribution in [-0.2, 0) is 14.8 Å². The quantitative estimate of drug-likeness (QED) is 0.783. The van der Waals surface area contributed by atoms with Crippen molar-refractivity contribution in [1.82, 2.24) is 0 Å². The zero-order valence-electron chi connectivity index (χ0n) is 13.4. The van der Waals surface area contributed by atoms with Gasteiger partial charge < -0.3 is 4.74 Å². The molecule has 24 heavy (non-hydrogen) atoms. The third-order valence-corrected chi connectivity index (χ3v) is 5.05. The average Bonchev–Trinajstić information content (AvgIpc) is 2.55. The van der Waals surface area contributed by atoms with E-state index in [0.717, 1.165) is 12.0 Å². The third kappa shape index (κ3) is 4.49. The van der Waals surface area contributed by atoms with Gasteiger partial charge in [0.15, 0.2) is 0 Å². The molecule has 0 aliphatic heterocycles. The molecule has 0 bridgehead atoms. The van der Waals surface area contributed by atoms with Gasteiger partial charge in [-0.15, -0.1) is 0 Å². The molecule has 2 aromatic rings. The van der Waals surface area contributed by atoms with Gasteiger partial charge in [-0.1, -0.05) is 24.6 Å². The molecule has 0 aliphatic carbocycles. The predicted octanol–water partition coefficient (Wildman–Crippen LogP) is 4.02. The molecule has 0 spiro atoms. The number of aryl methyl sites for hydroxylation is 1. The van der Waals surface area contributed by atoms with Crippen LogP contribution in [0.25, 0.3) is 0 Å². The monoisotopic (exact) mass is 367 g/mol. The molecule has 0 amide bonds. The van der Waals surface area contributed by atoms with Crippen molar-refractivity contribution in [3.8, 4) is 0 Å². The number of ether oxygens (including phenoxy) is 1. The van der Waals surface area contributed by atoms with E-state index in [0.29, 0.717) is 22.9 Å². The van der Waals surface area contributed by atoms with Crippen molar-refractivity contribution in [3.05, 3.63) is 58.6 Å². The Hall–Kier alpha value is -2.05.